The van der Waals surface area contributed by atoms with Crippen LogP contribution in [0.3, 0.4) is 0 Å². The molecule has 0 spiro atoms. The zero-order valence-corrected chi connectivity index (χ0v) is 23.8. The normalized spacial score (nSPS) is 13.4. The number of para-hydroxylation sites is 1. The van der Waals surface area contributed by atoms with E-state index < -0.39 is 10.5 Å². The third kappa shape index (κ3) is 5.94. The highest BCUT2D eigenvalue weighted by Crippen LogP contribution is 2.43. The first-order valence-electron chi connectivity index (χ1n) is 13.9. The van der Waals surface area contributed by atoms with Crippen LogP contribution in [0.5, 0.6) is 11.5 Å². The maximum Gasteiger partial charge on any atom is 0.269 e. The van der Waals surface area contributed by atoms with E-state index in [9.17, 15) is 14.9 Å². The predicted molar refractivity (Wildman–Crippen MR) is 165 cm³/mol. The largest absolute Gasteiger partial charge is 0.488 e. The minimum absolute atomic E-state index is 0.00897. The van der Waals surface area contributed by atoms with Crippen LogP contribution in [0.2, 0.25) is 0 Å². The molecule has 0 aliphatic carbocycles. The average Bonchev–Trinajstić information content (AvgIpc) is 3.59. The van der Waals surface area contributed by atoms with Crippen LogP contribution in [0, 0.1) is 10.1 Å². The molecule has 0 amide bonds. The lowest BCUT2D eigenvalue weighted by Crippen LogP contribution is -2.24. The van der Waals surface area contributed by atoms with Crippen LogP contribution in [0.4, 0.5) is 5.69 Å². The molecule has 1 aliphatic heterocycles. The summed E-state index contributed by atoms with van der Waals surface area (Å²) in [6.45, 7) is 4.34. The van der Waals surface area contributed by atoms with E-state index in [1.807, 2.05) is 86.8 Å². The molecule has 0 unspecified atom stereocenters. The van der Waals surface area contributed by atoms with E-state index in [-0.39, 0.29) is 11.5 Å². The Kier molecular flexibility index (Phi) is 7.34. The molecule has 5 aromatic rings. The summed E-state index contributed by atoms with van der Waals surface area (Å²) >= 11 is 0. The van der Waals surface area contributed by atoms with Gasteiger partial charge in [-0.1, -0.05) is 48.5 Å². The average molecular weight is 572 g/mol. The SMILES string of the molecule is CC1(C)Cc2c(ccc(C(=O)/C=C/c3cn(-c4ccccc4)nc3-c3ccc([N+](=O)[O-])cc3)c2OCc2ccccc2)O1. The summed E-state index contributed by atoms with van der Waals surface area (Å²) in [4.78, 5) is 24.5. The number of hydrogen-bond acceptors (Lipinski definition) is 6. The van der Waals surface area contributed by atoms with E-state index in [1.165, 1.54) is 18.2 Å². The maximum absolute atomic E-state index is 13.7. The third-order valence-electron chi connectivity index (χ3n) is 7.23. The van der Waals surface area contributed by atoms with Crippen molar-refractivity contribution in [3.05, 3.63) is 142 Å². The van der Waals surface area contributed by atoms with E-state index in [2.05, 4.69) is 0 Å². The monoisotopic (exact) mass is 571 g/mol. The fraction of sp³-hybridized carbons (Fsp3) is 0.143. The van der Waals surface area contributed by atoms with Gasteiger partial charge in [0.25, 0.3) is 5.69 Å². The lowest BCUT2D eigenvalue weighted by Gasteiger charge is -2.16. The van der Waals surface area contributed by atoms with Gasteiger partial charge in [0.2, 0.25) is 0 Å². The van der Waals surface area contributed by atoms with Gasteiger partial charge in [-0.15, -0.1) is 0 Å². The number of nitro benzene ring substituents is 1. The molecule has 0 radical (unpaired) electrons. The molecule has 4 aromatic carbocycles. The lowest BCUT2D eigenvalue weighted by molar-refractivity contribution is -0.384. The molecule has 43 heavy (non-hydrogen) atoms. The Balaban J connectivity index is 1.36. The lowest BCUT2D eigenvalue weighted by atomic mass is 9.97. The number of carbonyl (C=O) groups excluding carboxylic acids is 1. The number of carbonyl (C=O) groups is 1. The molecule has 1 aliphatic rings. The number of hydrogen-bond donors (Lipinski definition) is 0. The van der Waals surface area contributed by atoms with E-state index in [0.717, 1.165) is 22.6 Å². The highest BCUT2D eigenvalue weighted by molar-refractivity contribution is 6.09. The first kappa shape index (κ1) is 27.7. The highest BCUT2D eigenvalue weighted by atomic mass is 16.6. The molecule has 1 aromatic heterocycles. The summed E-state index contributed by atoms with van der Waals surface area (Å²) in [5, 5.41) is 16.0. The molecule has 0 atom stereocenters. The number of nitro groups is 1. The fourth-order valence-electron chi connectivity index (χ4n) is 5.16. The van der Waals surface area contributed by atoms with Crippen molar-refractivity contribution in [3.63, 3.8) is 0 Å². The first-order chi connectivity index (χ1) is 20.8. The number of allylic oxidation sites excluding steroid dienone is 1. The van der Waals surface area contributed by atoms with Gasteiger partial charge in [0, 0.05) is 41.4 Å². The van der Waals surface area contributed by atoms with Gasteiger partial charge in [-0.3, -0.25) is 14.9 Å². The molecule has 0 bridgehead atoms. The van der Waals surface area contributed by atoms with E-state index in [4.69, 9.17) is 14.6 Å². The third-order valence-corrected chi connectivity index (χ3v) is 7.23. The number of non-ortho nitro benzene ring substituents is 1. The van der Waals surface area contributed by atoms with Crippen LogP contribution in [0.15, 0.2) is 109 Å². The second-order valence-electron chi connectivity index (χ2n) is 10.9. The van der Waals surface area contributed by atoms with Crippen LogP contribution in [-0.4, -0.2) is 26.1 Å². The van der Waals surface area contributed by atoms with Crippen molar-refractivity contribution in [1.29, 1.82) is 0 Å². The summed E-state index contributed by atoms with van der Waals surface area (Å²) in [5.41, 5.74) is 4.71. The van der Waals surface area contributed by atoms with Crippen molar-refractivity contribution >= 4 is 17.5 Å². The molecular formula is C35H29N3O5. The van der Waals surface area contributed by atoms with Gasteiger partial charge in [0.15, 0.2) is 5.78 Å². The maximum atomic E-state index is 13.7. The Morgan fingerprint density at radius 2 is 1.70 bits per heavy atom. The molecule has 2 heterocycles. The molecule has 214 valence electrons. The van der Waals surface area contributed by atoms with Gasteiger partial charge in [-0.05, 0) is 68.0 Å². The summed E-state index contributed by atoms with van der Waals surface area (Å²) in [5.74, 6) is 1.02. The minimum Gasteiger partial charge on any atom is -0.488 e. The highest BCUT2D eigenvalue weighted by Gasteiger charge is 2.34. The Morgan fingerprint density at radius 1 is 1.00 bits per heavy atom. The molecule has 6 rings (SSSR count). The van der Waals surface area contributed by atoms with Crippen molar-refractivity contribution in [1.82, 2.24) is 9.78 Å². The molecule has 8 heteroatoms. The molecule has 0 saturated carbocycles. The number of aromatic nitrogens is 2. The predicted octanol–water partition coefficient (Wildman–Crippen LogP) is 7.64. The number of benzene rings is 4. The zero-order chi connectivity index (χ0) is 30.0. The van der Waals surface area contributed by atoms with E-state index >= 15 is 0 Å². The smallest absolute Gasteiger partial charge is 0.269 e. The van der Waals surface area contributed by atoms with Crippen molar-refractivity contribution in [3.8, 4) is 28.4 Å². The van der Waals surface area contributed by atoms with Gasteiger partial charge < -0.3 is 9.47 Å². The Labute approximate surface area is 249 Å². The van der Waals surface area contributed by atoms with Crippen LogP contribution < -0.4 is 9.47 Å². The second kappa shape index (κ2) is 11.4. The van der Waals surface area contributed by atoms with Gasteiger partial charge in [0.05, 0.1) is 21.9 Å². The van der Waals surface area contributed by atoms with Gasteiger partial charge in [-0.25, -0.2) is 4.68 Å². The van der Waals surface area contributed by atoms with Crippen molar-refractivity contribution in [2.75, 3.05) is 0 Å². The first-order valence-corrected chi connectivity index (χ1v) is 13.9. The second-order valence-corrected chi connectivity index (χ2v) is 10.9. The minimum atomic E-state index is -0.438. The van der Waals surface area contributed by atoms with Crippen molar-refractivity contribution < 1.29 is 19.2 Å². The number of rotatable bonds is 9. The number of ether oxygens (including phenoxy) is 2. The Morgan fingerprint density at radius 3 is 2.40 bits per heavy atom. The Hall–Kier alpha value is -5.50. The van der Waals surface area contributed by atoms with Gasteiger partial charge >= 0.3 is 0 Å². The van der Waals surface area contributed by atoms with Crippen molar-refractivity contribution in [2.24, 2.45) is 0 Å². The number of fused-ring (bicyclic) bond motifs is 1. The van der Waals surface area contributed by atoms with Crippen LogP contribution in [0.1, 0.15) is 40.9 Å². The molecule has 0 fully saturated rings. The summed E-state index contributed by atoms with van der Waals surface area (Å²) in [7, 11) is 0. The topological polar surface area (TPSA) is 96.5 Å². The van der Waals surface area contributed by atoms with E-state index in [1.54, 1.807) is 29.0 Å². The standard InChI is InChI=1S/C35H29N3O5/c1-35(2)21-30-32(43-35)20-18-29(34(30)42-23-24-9-5-3-6-10-24)31(39)19-15-26-22-37(27-11-7-4-8-12-27)36-33(26)25-13-16-28(17-14-25)38(40)41/h3-20,22H,21,23H2,1-2H3/b19-15+. The molecule has 0 N–H and O–H groups in total. The number of nitrogens with zero attached hydrogens (tertiary/aromatic N) is 3. The zero-order valence-electron chi connectivity index (χ0n) is 23.8. The summed E-state index contributed by atoms with van der Waals surface area (Å²) in [6, 6.07) is 29.2. The van der Waals surface area contributed by atoms with Crippen LogP contribution in [-0.2, 0) is 13.0 Å². The van der Waals surface area contributed by atoms with Crippen LogP contribution >= 0.6 is 0 Å². The number of ketones is 1. The van der Waals surface area contributed by atoms with Gasteiger partial charge in [0.1, 0.15) is 23.7 Å². The molecule has 0 saturated heterocycles. The summed E-state index contributed by atoms with van der Waals surface area (Å²) < 4.78 is 14.2. The van der Waals surface area contributed by atoms with Crippen LogP contribution in [0.25, 0.3) is 23.0 Å². The fourth-order valence-corrected chi connectivity index (χ4v) is 5.16. The Bertz CT molecular complexity index is 1830. The van der Waals surface area contributed by atoms with E-state index in [0.29, 0.717) is 41.2 Å². The molecule has 8 nitrogen and oxygen atoms in total. The molecular weight excluding hydrogens is 542 g/mol. The summed E-state index contributed by atoms with van der Waals surface area (Å²) in [6.07, 6.45) is 5.69. The van der Waals surface area contributed by atoms with Crippen molar-refractivity contribution in [2.45, 2.75) is 32.5 Å². The van der Waals surface area contributed by atoms with Gasteiger partial charge in [-0.2, -0.15) is 5.10 Å². The quantitative estimate of drug-likeness (QED) is 0.0781.